The first-order valence-corrected chi connectivity index (χ1v) is 9.72. The molecule has 24 heavy (non-hydrogen) atoms. The van der Waals surface area contributed by atoms with Crippen molar-refractivity contribution < 1.29 is 4.79 Å². The molecule has 3 rings (SSSR count). The lowest BCUT2D eigenvalue weighted by Gasteiger charge is -2.27. The van der Waals surface area contributed by atoms with Gasteiger partial charge in [-0.25, -0.2) is 0 Å². The highest BCUT2D eigenvalue weighted by Crippen LogP contribution is 2.61. The van der Waals surface area contributed by atoms with Gasteiger partial charge < -0.3 is 0 Å². The summed E-state index contributed by atoms with van der Waals surface area (Å²) in [5.41, 5.74) is 0. The maximum atomic E-state index is 12.4. The maximum absolute atomic E-state index is 12.4. The Morgan fingerprint density at radius 1 is 0.667 bits per heavy atom. The Hall–Kier alpha value is -2.50. The molecule has 0 aliphatic rings. The van der Waals surface area contributed by atoms with Crippen molar-refractivity contribution in [3.63, 3.8) is 0 Å². The van der Waals surface area contributed by atoms with Crippen LogP contribution in [0.2, 0.25) is 0 Å². The topological polar surface area (TPSA) is 17.1 Å². The van der Waals surface area contributed by atoms with Crippen molar-refractivity contribution in [1.82, 2.24) is 0 Å². The van der Waals surface area contributed by atoms with Crippen molar-refractivity contribution in [3.05, 3.63) is 103 Å². The predicted octanol–water partition coefficient (Wildman–Crippen LogP) is 4.08. The molecule has 0 saturated heterocycles. The Kier molecular flexibility index (Phi) is 4.74. The second kappa shape index (κ2) is 6.95. The van der Waals surface area contributed by atoms with Gasteiger partial charge in [0.15, 0.2) is 5.78 Å². The lowest BCUT2D eigenvalue weighted by Crippen LogP contribution is -2.33. The van der Waals surface area contributed by atoms with E-state index < -0.39 is 7.26 Å². The molecule has 0 aliphatic heterocycles. The summed E-state index contributed by atoms with van der Waals surface area (Å²) in [6.45, 7) is 5.87. The molecule has 0 N–H and O–H groups in total. The minimum Gasteiger partial charge on any atom is -0.291 e. The average Bonchev–Trinajstić information content (AvgIpc) is 2.65. The smallest absolute Gasteiger partial charge is 0.195 e. The fourth-order valence-corrected chi connectivity index (χ4v) is 7.27. The molecule has 0 aromatic heterocycles. The molecule has 2 heteroatoms. The van der Waals surface area contributed by atoms with E-state index >= 15 is 0 Å². The molecule has 3 aromatic carbocycles. The van der Waals surface area contributed by atoms with E-state index in [2.05, 4.69) is 43.0 Å². The van der Waals surface area contributed by atoms with E-state index in [1.807, 2.05) is 54.6 Å². The molecule has 0 unspecified atom stereocenters. The monoisotopic (exact) mass is 331 g/mol. The molecule has 0 fully saturated rings. The van der Waals surface area contributed by atoms with Crippen LogP contribution in [-0.2, 0) is 4.79 Å². The van der Waals surface area contributed by atoms with Gasteiger partial charge in [0.1, 0.15) is 28.5 Å². The lowest BCUT2D eigenvalue weighted by atomic mass is 10.3. The molecule has 0 atom stereocenters. The van der Waals surface area contributed by atoms with Gasteiger partial charge in [0.05, 0.1) is 0 Å². The highest BCUT2D eigenvalue weighted by Gasteiger charge is 2.50. The van der Waals surface area contributed by atoms with Crippen LogP contribution in [0.3, 0.4) is 0 Å². The van der Waals surface area contributed by atoms with E-state index in [1.54, 1.807) is 6.92 Å². The second-order valence-corrected chi connectivity index (χ2v) is 9.11. The van der Waals surface area contributed by atoms with E-state index in [4.69, 9.17) is 0 Å². The summed E-state index contributed by atoms with van der Waals surface area (Å²) in [4.78, 5) is 12.4. The van der Waals surface area contributed by atoms with Crippen LogP contribution in [0.1, 0.15) is 6.92 Å². The third-order valence-corrected chi connectivity index (χ3v) is 8.58. The van der Waals surface area contributed by atoms with E-state index in [1.165, 1.54) is 0 Å². The Balaban J connectivity index is 2.42. The highest BCUT2D eigenvalue weighted by atomic mass is 31.2. The molecule has 0 radical (unpaired) electrons. The van der Waals surface area contributed by atoms with Gasteiger partial charge >= 0.3 is 0 Å². The molecular weight excluding hydrogens is 311 g/mol. The average molecular weight is 331 g/mol. The quantitative estimate of drug-likeness (QED) is 0.508. The third kappa shape index (κ3) is 2.72. The van der Waals surface area contributed by atoms with Crippen LogP contribution >= 0.6 is 7.26 Å². The number of ketones is 1. The van der Waals surface area contributed by atoms with E-state index in [9.17, 15) is 4.79 Å². The minimum absolute atomic E-state index is 0.0416. The van der Waals surface area contributed by atoms with Gasteiger partial charge in [-0.15, -0.1) is 0 Å². The Bertz CT molecular complexity index is 742. The predicted molar refractivity (Wildman–Crippen MR) is 105 cm³/mol. The molecule has 0 heterocycles. The SMILES string of the molecule is C=C(C(C)=O)[P+](c1ccccc1)(c1ccccc1)c1ccccc1. The van der Waals surface area contributed by atoms with Crippen molar-refractivity contribution in [3.8, 4) is 0 Å². The molecule has 118 valence electrons. The van der Waals surface area contributed by atoms with Crippen LogP contribution in [0.25, 0.3) is 0 Å². The first-order chi connectivity index (χ1) is 11.7. The first kappa shape index (κ1) is 16.4. The van der Waals surface area contributed by atoms with Crippen LogP contribution in [0.5, 0.6) is 0 Å². The van der Waals surface area contributed by atoms with Crippen LogP contribution in [0.15, 0.2) is 103 Å². The van der Waals surface area contributed by atoms with Gasteiger partial charge in [0.25, 0.3) is 0 Å². The van der Waals surface area contributed by atoms with Crippen molar-refractivity contribution in [1.29, 1.82) is 0 Å². The molecule has 0 spiro atoms. The number of benzene rings is 3. The summed E-state index contributed by atoms with van der Waals surface area (Å²) in [5, 5.41) is 4.15. The van der Waals surface area contributed by atoms with E-state index in [0.29, 0.717) is 5.31 Å². The van der Waals surface area contributed by atoms with Crippen LogP contribution in [0.4, 0.5) is 0 Å². The Morgan fingerprint density at radius 3 is 1.21 bits per heavy atom. The molecule has 3 aromatic rings. The molecule has 1 nitrogen and oxygen atoms in total. The number of hydrogen-bond donors (Lipinski definition) is 0. The van der Waals surface area contributed by atoms with Crippen LogP contribution in [-0.4, -0.2) is 5.78 Å². The van der Waals surface area contributed by atoms with Crippen molar-refractivity contribution >= 4 is 29.0 Å². The number of allylic oxidation sites excluding steroid dienone is 1. The number of carbonyl (C=O) groups is 1. The first-order valence-electron chi connectivity index (χ1n) is 7.93. The number of rotatable bonds is 5. The van der Waals surface area contributed by atoms with Crippen molar-refractivity contribution in [2.75, 3.05) is 0 Å². The molecule has 0 amide bonds. The lowest BCUT2D eigenvalue weighted by molar-refractivity contribution is -0.113. The Labute approximate surface area is 144 Å². The van der Waals surface area contributed by atoms with E-state index in [0.717, 1.165) is 15.9 Å². The van der Waals surface area contributed by atoms with Crippen LogP contribution < -0.4 is 15.9 Å². The summed E-state index contributed by atoms with van der Waals surface area (Å²) >= 11 is 0. The zero-order valence-corrected chi connectivity index (χ0v) is 14.6. The minimum atomic E-state index is -2.24. The summed E-state index contributed by atoms with van der Waals surface area (Å²) in [7, 11) is -2.24. The van der Waals surface area contributed by atoms with Crippen LogP contribution in [0, 0.1) is 0 Å². The zero-order valence-electron chi connectivity index (χ0n) is 13.7. The molecular formula is C22H20OP+. The normalized spacial score (nSPS) is 11.0. The maximum Gasteiger partial charge on any atom is 0.195 e. The Morgan fingerprint density at radius 2 is 0.958 bits per heavy atom. The van der Waals surface area contributed by atoms with Gasteiger partial charge in [0.2, 0.25) is 0 Å². The van der Waals surface area contributed by atoms with Gasteiger partial charge in [-0.1, -0.05) is 61.2 Å². The second-order valence-electron chi connectivity index (χ2n) is 5.68. The standard InChI is InChI=1S/C22H20OP/c1-18(23)19(2)24(20-12-6-3-7-13-20,21-14-8-4-9-15-21)22-16-10-5-11-17-22/h3-17H,2H2,1H3/q+1. The van der Waals surface area contributed by atoms with E-state index in [-0.39, 0.29) is 5.78 Å². The molecule has 0 bridgehead atoms. The number of hydrogen-bond acceptors (Lipinski definition) is 1. The van der Waals surface area contributed by atoms with Crippen molar-refractivity contribution in [2.45, 2.75) is 6.92 Å². The molecule has 0 aliphatic carbocycles. The van der Waals surface area contributed by atoms with Gasteiger partial charge in [-0.3, -0.25) is 4.79 Å². The number of carbonyl (C=O) groups excluding carboxylic acids is 1. The van der Waals surface area contributed by atoms with Gasteiger partial charge in [-0.05, 0) is 36.4 Å². The summed E-state index contributed by atoms with van der Waals surface area (Å²) < 4.78 is 0. The molecule has 0 saturated carbocycles. The largest absolute Gasteiger partial charge is 0.291 e. The number of Topliss-reactive ketones (excluding diaryl/α,β-unsaturated/α-hetero) is 1. The third-order valence-electron chi connectivity index (χ3n) is 4.24. The fraction of sp³-hybridized carbons (Fsp3) is 0.0455. The van der Waals surface area contributed by atoms with Gasteiger partial charge in [0, 0.05) is 6.92 Å². The zero-order chi connectivity index (χ0) is 17.0. The summed E-state index contributed by atoms with van der Waals surface area (Å²) in [6, 6.07) is 30.9. The summed E-state index contributed by atoms with van der Waals surface area (Å²) in [6.07, 6.45) is 0. The van der Waals surface area contributed by atoms with Gasteiger partial charge in [-0.2, -0.15) is 0 Å². The van der Waals surface area contributed by atoms with Crippen molar-refractivity contribution in [2.24, 2.45) is 0 Å². The fourth-order valence-electron chi connectivity index (χ4n) is 3.11. The summed E-state index contributed by atoms with van der Waals surface area (Å²) in [5.74, 6) is 0.0416. The highest BCUT2D eigenvalue weighted by molar-refractivity contribution is 7.99.